The van der Waals surface area contributed by atoms with Crippen LogP contribution in [0.15, 0.2) is 41.8 Å². The summed E-state index contributed by atoms with van der Waals surface area (Å²) in [6, 6.07) is 7.66. The molecule has 1 aliphatic rings. The van der Waals surface area contributed by atoms with E-state index in [0.717, 1.165) is 35.0 Å². The highest BCUT2D eigenvalue weighted by molar-refractivity contribution is 6.00. The van der Waals surface area contributed by atoms with Crippen LogP contribution in [-0.2, 0) is 0 Å². The van der Waals surface area contributed by atoms with E-state index in [-0.39, 0.29) is 17.1 Å². The summed E-state index contributed by atoms with van der Waals surface area (Å²) in [6.07, 6.45) is 5.61. The Hall–Kier alpha value is -2.80. The number of anilines is 1. The van der Waals surface area contributed by atoms with Crippen LogP contribution in [0.4, 0.5) is 11.6 Å². The molecule has 7 heteroatoms. The Kier molecular flexibility index (Phi) is 4.42. The first-order valence-corrected chi connectivity index (χ1v) is 9.59. The van der Waals surface area contributed by atoms with E-state index < -0.39 is 0 Å². The minimum absolute atomic E-state index is 0.0477. The number of nitroso groups, excluding NO2 is 1. The molecule has 0 spiro atoms. The van der Waals surface area contributed by atoms with Crippen molar-refractivity contribution in [1.29, 1.82) is 0 Å². The van der Waals surface area contributed by atoms with E-state index in [9.17, 15) is 4.91 Å². The van der Waals surface area contributed by atoms with Crippen molar-refractivity contribution >= 4 is 22.5 Å². The van der Waals surface area contributed by atoms with Crippen molar-refractivity contribution in [2.45, 2.75) is 57.7 Å². The van der Waals surface area contributed by atoms with Crippen LogP contribution in [0.25, 0.3) is 22.2 Å². The summed E-state index contributed by atoms with van der Waals surface area (Å²) in [5.41, 5.74) is 2.95. The summed E-state index contributed by atoms with van der Waals surface area (Å²) in [5, 5.41) is 11.2. The molecule has 1 aromatic carbocycles. The Bertz CT molecular complexity index is 1010. The van der Waals surface area contributed by atoms with E-state index in [1.165, 1.54) is 0 Å². The number of benzene rings is 1. The smallest absolute Gasteiger partial charge is 0.223 e. The first-order chi connectivity index (χ1) is 13.3. The van der Waals surface area contributed by atoms with Gasteiger partial charge in [0.2, 0.25) is 5.95 Å². The van der Waals surface area contributed by atoms with Crippen LogP contribution in [0.1, 0.15) is 40.5 Å². The van der Waals surface area contributed by atoms with Crippen molar-refractivity contribution in [3.8, 4) is 11.3 Å². The van der Waals surface area contributed by atoms with E-state index in [4.69, 9.17) is 4.98 Å². The van der Waals surface area contributed by atoms with E-state index in [2.05, 4.69) is 53.5 Å². The molecule has 3 N–H and O–H groups in total. The van der Waals surface area contributed by atoms with Crippen LogP contribution in [0.2, 0.25) is 0 Å². The molecule has 4 rings (SSSR count). The molecule has 3 heterocycles. The highest BCUT2D eigenvalue weighted by Crippen LogP contribution is 2.33. The number of hydrogen-bond donors (Lipinski definition) is 3. The molecule has 0 aliphatic carbocycles. The summed E-state index contributed by atoms with van der Waals surface area (Å²) in [7, 11) is 0. The van der Waals surface area contributed by atoms with Crippen molar-refractivity contribution in [3.63, 3.8) is 0 Å². The van der Waals surface area contributed by atoms with E-state index >= 15 is 0 Å². The average Bonchev–Trinajstić information content (AvgIpc) is 3.03. The molecule has 146 valence electrons. The topological polar surface area (TPSA) is 95.1 Å². The molecule has 0 bridgehead atoms. The third kappa shape index (κ3) is 3.62. The molecule has 0 saturated carbocycles. The van der Waals surface area contributed by atoms with E-state index in [1.807, 2.05) is 24.4 Å². The number of aromatic nitrogens is 3. The monoisotopic (exact) mass is 378 g/mol. The molecule has 1 fully saturated rings. The number of fused-ring (bicyclic) bond motifs is 1. The van der Waals surface area contributed by atoms with Crippen LogP contribution in [-0.4, -0.2) is 32.1 Å². The normalized spacial score (nSPS) is 18.9. The average molecular weight is 378 g/mol. The van der Waals surface area contributed by atoms with Gasteiger partial charge in [0.15, 0.2) is 0 Å². The summed E-state index contributed by atoms with van der Waals surface area (Å²) in [6.45, 7) is 8.91. The van der Waals surface area contributed by atoms with E-state index in [0.29, 0.717) is 11.6 Å². The third-order valence-electron chi connectivity index (χ3n) is 5.25. The lowest BCUT2D eigenvalue weighted by molar-refractivity contribution is 0.170. The molecular weight excluding hydrogens is 352 g/mol. The van der Waals surface area contributed by atoms with Gasteiger partial charge >= 0.3 is 0 Å². The summed E-state index contributed by atoms with van der Waals surface area (Å²) in [4.78, 5) is 23.4. The van der Waals surface area contributed by atoms with Crippen LogP contribution in [0, 0.1) is 4.91 Å². The van der Waals surface area contributed by atoms with Crippen molar-refractivity contribution in [3.05, 3.63) is 41.6 Å². The van der Waals surface area contributed by atoms with Gasteiger partial charge in [-0.1, -0.05) is 12.1 Å². The fourth-order valence-electron chi connectivity index (χ4n) is 4.61. The molecule has 1 aliphatic heterocycles. The van der Waals surface area contributed by atoms with Gasteiger partial charge in [0.1, 0.15) is 5.69 Å². The Morgan fingerprint density at radius 1 is 1.14 bits per heavy atom. The molecular formula is C21H26N6O. The lowest BCUT2D eigenvalue weighted by atomic mass is 9.80. The molecule has 0 amide bonds. The second kappa shape index (κ2) is 6.67. The van der Waals surface area contributed by atoms with Crippen LogP contribution in [0.5, 0.6) is 0 Å². The Morgan fingerprint density at radius 3 is 2.61 bits per heavy atom. The first kappa shape index (κ1) is 18.6. The minimum atomic E-state index is 0.0477. The van der Waals surface area contributed by atoms with Crippen molar-refractivity contribution in [1.82, 2.24) is 20.3 Å². The molecule has 0 atom stereocenters. The van der Waals surface area contributed by atoms with Gasteiger partial charge < -0.3 is 15.6 Å². The number of nitrogens with zero attached hydrogens (tertiary/aromatic N) is 3. The number of piperidine rings is 1. The number of H-pyrrole nitrogens is 1. The van der Waals surface area contributed by atoms with E-state index in [1.54, 1.807) is 12.3 Å². The standard InChI is InChI=1S/C21H26N6O/c1-20(2)10-13(11-21(3,4)27-20)24-19-22-9-8-16(25-19)15-12-23-18-14(15)6-5-7-17(18)26-28/h5-9,12-13,23,27H,10-11H2,1-4H3,(H,22,24,25). The van der Waals surface area contributed by atoms with Gasteiger partial charge in [-0.2, -0.15) is 0 Å². The second-order valence-electron chi connectivity index (χ2n) is 8.90. The van der Waals surface area contributed by atoms with Crippen LogP contribution >= 0.6 is 0 Å². The molecule has 0 unspecified atom stereocenters. The van der Waals surface area contributed by atoms with Gasteiger partial charge in [-0.25, -0.2) is 9.97 Å². The maximum absolute atomic E-state index is 11.0. The Labute approximate surface area is 164 Å². The zero-order chi connectivity index (χ0) is 19.9. The van der Waals surface area contributed by atoms with Gasteiger partial charge in [-0.3, -0.25) is 0 Å². The molecule has 0 radical (unpaired) electrons. The molecule has 3 aromatic rings. The molecule has 7 nitrogen and oxygen atoms in total. The van der Waals surface area contributed by atoms with Crippen LogP contribution in [0.3, 0.4) is 0 Å². The molecule has 28 heavy (non-hydrogen) atoms. The molecule has 2 aromatic heterocycles. The maximum Gasteiger partial charge on any atom is 0.223 e. The number of hydrogen-bond acceptors (Lipinski definition) is 6. The fraction of sp³-hybridized carbons (Fsp3) is 0.429. The van der Waals surface area contributed by atoms with Gasteiger partial charge in [-0.15, -0.1) is 4.91 Å². The van der Waals surface area contributed by atoms with Crippen molar-refractivity contribution in [2.75, 3.05) is 5.32 Å². The van der Waals surface area contributed by atoms with Gasteiger partial charge in [0.25, 0.3) is 0 Å². The second-order valence-corrected chi connectivity index (χ2v) is 8.90. The highest BCUT2D eigenvalue weighted by Gasteiger charge is 2.37. The minimum Gasteiger partial charge on any atom is -0.359 e. The molecule has 1 saturated heterocycles. The quantitative estimate of drug-likeness (QED) is 0.570. The lowest BCUT2D eigenvalue weighted by Crippen LogP contribution is -2.60. The number of aromatic amines is 1. The van der Waals surface area contributed by atoms with Gasteiger partial charge in [0, 0.05) is 40.5 Å². The van der Waals surface area contributed by atoms with Gasteiger partial charge in [0.05, 0.1) is 11.2 Å². The predicted octanol–water partition coefficient (Wildman–Crippen LogP) is 4.74. The number of nitrogens with one attached hydrogen (secondary N) is 3. The summed E-state index contributed by atoms with van der Waals surface area (Å²) >= 11 is 0. The Morgan fingerprint density at radius 2 is 1.89 bits per heavy atom. The lowest BCUT2D eigenvalue weighted by Gasteiger charge is -2.46. The SMILES string of the molecule is CC1(C)CC(Nc2nccc(-c3c[nH]c4c(N=O)cccc34)n2)CC(C)(C)N1. The Balaban J connectivity index is 1.63. The zero-order valence-electron chi connectivity index (χ0n) is 16.7. The summed E-state index contributed by atoms with van der Waals surface area (Å²) < 4.78 is 0. The van der Waals surface area contributed by atoms with Crippen molar-refractivity contribution < 1.29 is 0 Å². The number of rotatable bonds is 4. The highest BCUT2D eigenvalue weighted by atomic mass is 16.3. The fourth-order valence-corrected chi connectivity index (χ4v) is 4.61. The third-order valence-corrected chi connectivity index (χ3v) is 5.25. The first-order valence-electron chi connectivity index (χ1n) is 9.59. The van der Waals surface area contributed by atoms with Gasteiger partial charge in [-0.05, 0) is 57.8 Å². The zero-order valence-corrected chi connectivity index (χ0v) is 16.7. The maximum atomic E-state index is 11.0. The number of para-hydroxylation sites is 1. The summed E-state index contributed by atoms with van der Waals surface area (Å²) in [5.74, 6) is 0.620. The van der Waals surface area contributed by atoms with Crippen molar-refractivity contribution in [2.24, 2.45) is 5.18 Å². The van der Waals surface area contributed by atoms with Crippen LogP contribution < -0.4 is 10.6 Å². The largest absolute Gasteiger partial charge is 0.359 e. The predicted molar refractivity (Wildman–Crippen MR) is 113 cm³/mol.